The van der Waals surface area contributed by atoms with Crippen LogP contribution >= 0.6 is 0 Å². The van der Waals surface area contributed by atoms with E-state index in [1.165, 1.54) is 0 Å². The third-order valence-electron chi connectivity index (χ3n) is 6.30. The fraction of sp³-hybridized carbons (Fsp3) is 0.143. The maximum absolute atomic E-state index is 14.0. The number of alkyl halides is 5. The zero-order valence-corrected chi connectivity index (χ0v) is 21.4. The van der Waals surface area contributed by atoms with Gasteiger partial charge < -0.3 is 16.4 Å². The van der Waals surface area contributed by atoms with Gasteiger partial charge >= 0.3 is 6.18 Å². The van der Waals surface area contributed by atoms with Crippen molar-refractivity contribution >= 4 is 34.3 Å². The van der Waals surface area contributed by atoms with Crippen LogP contribution in [0.1, 0.15) is 34.0 Å². The van der Waals surface area contributed by atoms with E-state index in [-0.39, 0.29) is 23.6 Å². The van der Waals surface area contributed by atoms with Crippen LogP contribution in [0.25, 0.3) is 22.2 Å². The molecule has 5 aromatic rings. The molecular weight excluding hydrogens is 545 g/mol. The van der Waals surface area contributed by atoms with Gasteiger partial charge in [-0.25, -0.2) is 18.7 Å². The van der Waals surface area contributed by atoms with Crippen LogP contribution in [0.5, 0.6) is 0 Å². The number of nitrogens with two attached hydrogens (primary N) is 1. The second-order valence-corrected chi connectivity index (χ2v) is 9.32. The molecular formula is C28H22F5N7O. The van der Waals surface area contributed by atoms with Crippen molar-refractivity contribution in [2.45, 2.75) is 25.6 Å². The monoisotopic (exact) mass is 567 g/mol. The number of nitrogen functional groups attached to an aromatic ring is 1. The first-order valence-corrected chi connectivity index (χ1v) is 12.2. The van der Waals surface area contributed by atoms with E-state index in [1.54, 1.807) is 6.20 Å². The van der Waals surface area contributed by atoms with E-state index >= 15 is 0 Å². The average Bonchev–Trinajstić information content (AvgIpc) is 3.31. The Morgan fingerprint density at radius 3 is 2.27 bits per heavy atom. The lowest BCUT2D eigenvalue weighted by Crippen LogP contribution is -2.18. The van der Waals surface area contributed by atoms with Crippen molar-refractivity contribution in [3.05, 3.63) is 95.3 Å². The predicted octanol–water partition coefficient (Wildman–Crippen LogP) is 6.60. The highest BCUT2D eigenvalue weighted by atomic mass is 19.4. The molecule has 0 radical (unpaired) electrons. The predicted molar refractivity (Wildman–Crippen MR) is 144 cm³/mol. The van der Waals surface area contributed by atoms with Gasteiger partial charge in [0, 0.05) is 42.7 Å². The van der Waals surface area contributed by atoms with Gasteiger partial charge in [0.15, 0.2) is 5.65 Å². The summed E-state index contributed by atoms with van der Waals surface area (Å²) >= 11 is 0. The first-order valence-electron chi connectivity index (χ1n) is 12.2. The van der Waals surface area contributed by atoms with Crippen LogP contribution in [0, 0.1) is 0 Å². The Hall–Kier alpha value is -5.07. The third-order valence-corrected chi connectivity index (χ3v) is 6.30. The standard InChI is InChI=1S/C28H22F5N7O/c1-27(29,30)19-11-22(26(41)38-20-8-6-18(7-9-20)28(31,32)33)24(37-14-19)35-12-15-2-4-16(5-3-15)17-10-21-23(34)39-40-25(21)36-13-17/h2-11,13-14H,12H2,1H3,(H,35,37)(H,38,41)(H3,34,36,39,40). The molecule has 3 heterocycles. The lowest BCUT2D eigenvalue weighted by atomic mass is 10.0. The van der Waals surface area contributed by atoms with Crippen molar-refractivity contribution < 1.29 is 26.7 Å². The van der Waals surface area contributed by atoms with E-state index in [0.29, 0.717) is 23.8 Å². The molecule has 5 N–H and O–H groups in total. The van der Waals surface area contributed by atoms with Gasteiger partial charge in [-0.1, -0.05) is 24.3 Å². The van der Waals surface area contributed by atoms with E-state index in [4.69, 9.17) is 5.73 Å². The maximum atomic E-state index is 14.0. The number of hydrogen-bond acceptors (Lipinski definition) is 6. The number of carbonyl (C=O) groups excluding carboxylic acids is 1. The summed E-state index contributed by atoms with van der Waals surface area (Å²) in [5.41, 5.74) is 7.37. The van der Waals surface area contributed by atoms with Gasteiger partial charge in [-0.2, -0.15) is 18.3 Å². The van der Waals surface area contributed by atoms with Crippen molar-refractivity contribution in [3.63, 3.8) is 0 Å². The number of nitrogens with zero attached hydrogens (tertiary/aromatic N) is 3. The zero-order valence-electron chi connectivity index (χ0n) is 21.4. The Morgan fingerprint density at radius 1 is 0.902 bits per heavy atom. The van der Waals surface area contributed by atoms with Crippen LogP contribution in [0.4, 0.5) is 39.3 Å². The molecule has 1 amide bonds. The number of aromatic amines is 1. The number of halogens is 5. The molecule has 0 aliphatic heterocycles. The summed E-state index contributed by atoms with van der Waals surface area (Å²) in [7, 11) is 0. The van der Waals surface area contributed by atoms with Crippen LogP contribution in [-0.2, 0) is 18.6 Å². The summed E-state index contributed by atoms with van der Waals surface area (Å²) in [6, 6.07) is 14.0. The number of aromatic nitrogens is 4. The molecule has 8 nitrogen and oxygen atoms in total. The lowest BCUT2D eigenvalue weighted by molar-refractivity contribution is -0.137. The number of H-pyrrole nitrogens is 1. The second-order valence-electron chi connectivity index (χ2n) is 9.32. The molecule has 0 aliphatic rings. The van der Waals surface area contributed by atoms with E-state index in [1.807, 2.05) is 30.3 Å². The largest absolute Gasteiger partial charge is 0.416 e. The van der Waals surface area contributed by atoms with Gasteiger partial charge in [0.1, 0.15) is 11.6 Å². The second kappa shape index (κ2) is 10.5. The molecule has 0 bridgehead atoms. The topological polar surface area (TPSA) is 122 Å². The Kier molecular flexibility index (Phi) is 7.03. The first-order chi connectivity index (χ1) is 19.4. The van der Waals surface area contributed by atoms with Crippen molar-refractivity contribution in [2.24, 2.45) is 0 Å². The number of nitrogens with one attached hydrogen (secondary N) is 3. The fourth-order valence-electron chi connectivity index (χ4n) is 4.04. The molecule has 41 heavy (non-hydrogen) atoms. The van der Waals surface area contributed by atoms with Gasteiger partial charge in [-0.3, -0.25) is 9.89 Å². The average molecular weight is 568 g/mol. The van der Waals surface area contributed by atoms with Crippen molar-refractivity contribution in [3.8, 4) is 11.1 Å². The molecule has 2 aromatic carbocycles. The van der Waals surface area contributed by atoms with E-state index in [2.05, 4.69) is 30.8 Å². The molecule has 0 spiro atoms. The molecule has 0 fully saturated rings. The molecule has 0 unspecified atom stereocenters. The van der Waals surface area contributed by atoms with Crippen LogP contribution in [0.15, 0.2) is 73.1 Å². The van der Waals surface area contributed by atoms with E-state index in [0.717, 1.165) is 53.2 Å². The van der Waals surface area contributed by atoms with Crippen molar-refractivity contribution in [1.82, 2.24) is 20.2 Å². The maximum Gasteiger partial charge on any atom is 0.416 e. The molecule has 3 aromatic heterocycles. The van der Waals surface area contributed by atoms with Gasteiger partial charge in [0.2, 0.25) is 0 Å². The highest BCUT2D eigenvalue weighted by Crippen LogP contribution is 2.32. The minimum Gasteiger partial charge on any atom is -0.384 e. The van der Waals surface area contributed by atoms with Crippen LogP contribution < -0.4 is 16.4 Å². The lowest BCUT2D eigenvalue weighted by Gasteiger charge is -2.16. The number of anilines is 3. The summed E-state index contributed by atoms with van der Waals surface area (Å²) in [5.74, 6) is -3.66. The minimum atomic E-state index is -4.54. The SMILES string of the molecule is CC(F)(F)c1cnc(NCc2ccc(-c3cnc4n[nH]c(N)c4c3)cc2)c(C(=O)Nc2ccc(C(F)(F)F)cc2)c1. The molecule has 0 saturated heterocycles. The number of hydrogen-bond donors (Lipinski definition) is 4. The molecule has 13 heteroatoms. The van der Waals surface area contributed by atoms with E-state index < -0.39 is 29.1 Å². The van der Waals surface area contributed by atoms with E-state index in [9.17, 15) is 26.7 Å². The highest BCUT2D eigenvalue weighted by Gasteiger charge is 2.30. The molecule has 210 valence electrons. The zero-order chi connectivity index (χ0) is 29.4. The van der Waals surface area contributed by atoms with Gasteiger partial charge in [-0.15, -0.1) is 0 Å². The third kappa shape index (κ3) is 6.08. The summed E-state index contributed by atoms with van der Waals surface area (Å²) < 4.78 is 66.6. The quantitative estimate of drug-likeness (QED) is 0.165. The summed E-state index contributed by atoms with van der Waals surface area (Å²) in [5, 5.41) is 12.8. The normalized spacial score (nSPS) is 12.0. The van der Waals surface area contributed by atoms with Gasteiger partial charge in [0.05, 0.1) is 16.5 Å². The Morgan fingerprint density at radius 2 is 1.61 bits per heavy atom. The molecule has 5 rings (SSSR count). The number of benzene rings is 2. The number of pyridine rings is 2. The minimum absolute atomic E-state index is 0.0246. The van der Waals surface area contributed by atoms with Crippen LogP contribution in [-0.4, -0.2) is 26.1 Å². The number of fused-ring (bicyclic) bond motifs is 1. The Labute approximate surface area is 229 Å². The molecule has 0 aliphatic carbocycles. The highest BCUT2D eigenvalue weighted by molar-refractivity contribution is 6.07. The summed E-state index contributed by atoms with van der Waals surface area (Å²) in [4.78, 5) is 21.4. The first kappa shape index (κ1) is 27.5. The molecule has 0 saturated carbocycles. The van der Waals surface area contributed by atoms with Crippen molar-refractivity contribution in [1.29, 1.82) is 0 Å². The van der Waals surface area contributed by atoms with Crippen LogP contribution in [0.3, 0.4) is 0 Å². The Bertz CT molecular complexity index is 1710. The number of amides is 1. The summed E-state index contributed by atoms with van der Waals surface area (Å²) in [6.45, 7) is 0.867. The fourth-order valence-corrected chi connectivity index (χ4v) is 4.04. The van der Waals surface area contributed by atoms with Crippen molar-refractivity contribution in [2.75, 3.05) is 16.4 Å². The number of rotatable bonds is 7. The van der Waals surface area contributed by atoms with Crippen LogP contribution in [0.2, 0.25) is 0 Å². The van der Waals surface area contributed by atoms with Gasteiger partial charge in [-0.05, 0) is 47.5 Å². The summed E-state index contributed by atoms with van der Waals surface area (Å²) in [6.07, 6.45) is -1.90. The van der Waals surface area contributed by atoms with Gasteiger partial charge in [0.25, 0.3) is 11.8 Å². The smallest absolute Gasteiger partial charge is 0.384 e. The Balaban J connectivity index is 1.34. The molecule has 0 atom stereocenters. The number of carbonyl (C=O) groups is 1.